The van der Waals surface area contributed by atoms with E-state index in [0.29, 0.717) is 17.4 Å². The lowest BCUT2D eigenvalue weighted by Gasteiger charge is -2.12. The van der Waals surface area contributed by atoms with Gasteiger partial charge in [-0.25, -0.2) is 13.9 Å². The fraction of sp³-hybridized carbons (Fsp3) is 0.346. The molecule has 1 unspecified atom stereocenters. The summed E-state index contributed by atoms with van der Waals surface area (Å²) in [6.07, 6.45) is 0.841. The first-order valence-corrected chi connectivity index (χ1v) is 12.0. The number of carbonyl (C=O) groups is 2. The second-order valence-corrected chi connectivity index (χ2v) is 8.94. The SMILES string of the molecule is CCC(C)NC(=O)CCn1c(=O)c2ccccc2n2c(=O)n(CC(=O)NCc3ccc(C)cc3)nc12. The Kier molecular flexibility index (Phi) is 7.33. The molecule has 10 nitrogen and oxygen atoms in total. The van der Waals surface area contributed by atoms with Gasteiger partial charge >= 0.3 is 5.69 Å². The molecule has 2 heterocycles. The fourth-order valence-electron chi connectivity index (χ4n) is 3.93. The summed E-state index contributed by atoms with van der Waals surface area (Å²) in [4.78, 5) is 51.5. The molecular formula is C26H30N6O4. The molecule has 4 rings (SSSR count). The van der Waals surface area contributed by atoms with Gasteiger partial charge in [-0.15, -0.1) is 5.10 Å². The number of aryl methyl sites for hydroxylation is 2. The second-order valence-electron chi connectivity index (χ2n) is 8.94. The van der Waals surface area contributed by atoms with Gasteiger partial charge in [0, 0.05) is 25.6 Å². The summed E-state index contributed by atoms with van der Waals surface area (Å²) in [6.45, 7) is 5.93. The first kappa shape index (κ1) is 24.9. The summed E-state index contributed by atoms with van der Waals surface area (Å²) in [5.74, 6) is -0.488. The van der Waals surface area contributed by atoms with Crippen molar-refractivity contribution < 1.29 is 9.59 Å². The van der Waals surface area contributed by atoms with Crippen molar-refractivity contribution in [3.63, 3.8) is 0 Å². The van der Waals surface area contributed by atoms with Gasteiger partial charge in [0.15, 0.2) is 0 Å². The highest BCUT2D eigenvalue weighted by molar-refractivity contribution is 5.80. The number of aromatic nitrogens is 4. The van der Waals surface area contributed by atoms with Crippen LogP contribution in [0.5, 0.6) is 0 Å². The number of nitrogens with one attached hydrogen (secondary N) is 2. The van der Waals surface area contributed by atoms with Gasteiger partial charge < -0.3 is 10.6 Å². The van der Waals surface area contributed by atoms with E-state index in [1.165, 1.54) is 8.97 Å². The molecule has 10 heteroatoms. The smallest absolute Gasteiger partial charge is 0.352 e. The maximum atomic E-state index is 13.3. The Morgan fingerprint density at radius 3 is 2.47 bits per heavy atom. The molecule has 0 aliphatic carbocycles. The number of hydrogen-bond donors (Lipinski definition) is 2. The quantitative estimate of drug-likeness (QED) is 0.370. The molecule has 1 atom stereocenters. The van der Waals surface area contributed by atoms with E-state index < -0.39 is 5.69 Å². The predicted octanol–water partition coefficient (Wildman–Crippen LogP) is 1.74. The van der Waals surface area contributed by atoms with Gasteiger partial charge in [-0.1, -0.05) is 48.9 Å². The number of nitrogens with zero attached hydrogens (tertiary/aromatic N) is 4. The molecule has 2 aromatic heterocycles. The first-order chi connectivity index (χ1) is 17.3. The minimum absolute atomic E-state index is 0.0195. The minimum Gasteiger partial charge on any atom is -0.354 e. The van der Waals surface area contributed by atoms with Crippen LogP contribution in [0.25, 0.3) is 16.7 Å². The molecule has 0 radical (unpaired) electrons. The van der Waals surface area contributed by atoms with E-state index in [9.17, 15) is 19.2 Å². The van der Waals surface area contributed by atoms with Crippen LogP contribution in [-0.2, 0) is 29.2 Å². The van der Waals surface area contributed by atoms with Gasteiger partial charge in [0.1, 0.15) is 6.54 Å². The average Bonchev–Trinajstić information content (AvgIpc) is 3.19. The van der Waals surface area contributed by atoms with Crippen molar-refractivity contribution >= 4 is 28.5 Å². The summed E-state index contributed by atoms with van der Waals surface area (Å²) >= 11 is 0. The van der Waals surface area contributed by atoms with Crippen LogP contribution in [0.4, 0.5) is 0 Å². The van der Waals surface area contributed by atoms with E-state index in [1.54, 1.807) is 24.3 Å². The Morgan fingerprint density at radius 2 is 1.75 bits per heavy atom. The summed E-state index contributed by atoms with van der Waals surface area (Å²) in [7, 11) is 0. The van der Waals surface area contributed by atoms with Crippen LogP contribution < -0.4 is 21.9 Å². The van der Waals surface area contributed by atoms with E-state index in [0.717, 1.165) is 22.2 Å². The number of benzene rings is 2. The maximum absolute atomic E-state index is 13.3. The normalized spacial score (nSPS) is 12.1. The lowest BCUT2D eigenvalue weighted by Crippen LogP contribution is -2.34. The molecule has 0 aliphatic rings. The lowest BCUT2D eigenvalue weighted by atomic mass is 10.1. The highest BCUT2D eigenvalue weighted by Gasteiger charge is 2.19. The van der Waals surface area contributed by atoms with Crippen molar-refractivity contribution in [1.29, 1.82) is 0 Å². The molecule has 2 N–H and O–H groups in total. The van der Waals surface area contributed by atoms with Crippen LogP contribution in [0.2, 0.25) is 0 Å². The van der Waals surface area contributed by atoms with E-state index >= 15 is 0 Å². The minimum atomic E-state index is -0.538. The van der Waals surface area contributed by atoms with E-state index in [2.05, 4.69) is 15.7 Å². The molecule has 0 fully saturated rings. The van der Waals surface area contributed by atoms with Crippen molar-refractivity contribution in [2.75, 3.05) is 0 Å². The fourth-order valence-corrected chi connectivity index (χ4v) is 3.93. The molecular weight excluding hydrogens is 460 g/mol. The number of fused-ring (bicyclic) bond motifs is 3. The second kappa shape index (κ2) is 10.6. The molecule has 2 aromatic carbocycles. The van der Waals surface area contributed by atoms with Gasteiger partial charge in [0.05, 0.1) is 10.9 Å². The zero-order valence-electron chi connectivity index (χ0n) is 20.7. The number of carbonyl (C=O) groups excluding carboxylic acids is 2. The molecule has 0 aliphatic heterocycles. The number of rotatable bonds is 9. The summed E-state index contributed by atoms with van der Waals surface area (Å²) < 4.78 is 3.68. The standard InChI is InChI=1S/C26H30N6O4/c1-4-18(3)28-22(33)13-14-30-24(35)20-7-5-6-8-21(20)32-25(30)29-31(26(32)36)16-23(34)27-15-19-11-9-17(2)10-12-19/h5-12,18H,4,13-16H2,1-3H3,(H,27,34)(H,28,33). The maximum Gasteiger partial charge on any atom is 0.352 e. The third kappa shape index (κ3) is 5.22. The van der Waals surface area contributed by atoms with E-state index in [4.69, 9.17) is 0 Å². The van der Waals surface area contributed by atoms with Gasteiger partial charge in [-0.3, -0.25) is 19.0 Å². The zero-order valence-corrected chi connectivity index (χ0v) is 20.7. The van der Waals surface area contributed by atoms with Gasteiger partial charge in [0.2, 0.25) is 17.6 Å². The molecule has 36 heavy (non-hydrogen) atoms. The molecule has 0 spiro atoms. The third-order valence-corrected chi connectivity index (χ3v) is 6.17. The zero-order chi connectivity index (χ0) is 25.8. The van der Waals surface area contributed by atoms with Crippen LogP contribution in [0.1, 0.15) is 37.8 Å². The van der Waals surface area contributed by atoms with Crippen LogP contribution in [0.3, 0.4) is 0 Å². The van der Waals surface area contributed by atoms with Crippen molar-refractivity contribution in [1.82, 2.24) is 29.4 Å². The van der Waals surface area contributed by atoms with Crippen LogP contribution in [0, 0.1) is 6.92 Å². The Bertz CT molecular complexity index is 1530. The Hall–Kier alpha value is -4.21. The van der Waals surface area contributed by atoms with E-state index in [1.807, 2.05) is 45.0 Å². The third-order valence-electron chi connectivity index (χ3n) is 6.17. The highest BCUT2D eigenvalue weighted by atomic mass is 16.2. The summed E-state index contributed by atoms with van der Waals surface area (Å²) in [5.41, 5.74) is 1.57. The lowest BCUT2D eigenvalue weighted by molar-refractivity contribution is -0.122. The first-order valence-electron chi connectivity index (χ1n) is 12.0. The van der Waals surface area contributed by atoms with Crippen molar-refractivity contribution in [2.24, 2.45) is 0 Å². The molecule has 4 aromatic rings. The number of para-hydroxylation sites is 1. The van der Waals surface area contributed by atoms with Crippen molar-refractivity contribution in [3.8, 4) is 0 Å². The number of hydrogen-bond acceptors (Lipinski definition) is 5. The molecule has 188 valence electrons. The van der Waals surface area contributed by atoms with Crippen LogP contribution >= 0.6 is 0 Å². The van der Waals surface area contributed by atoms with Crippen LogP contribution in [-0.4, -0.2) is 36.6 Å². The molecule has 0 saturated heterocycles. The summed E-state index contributed by atoms with van der Waals surface area (Å²) in [6, 6.07) is 14.5. The summed E-state index contributed by atoms with van der Waals surface area (Å²) in [5, 5.41) is 10.3. The molecule has 2 amide bonds. The molecule has 0 bridgehead atoms. The average molecular weight is 491 g/mol. The Labute approximate surface area is 207 Å². The predicted molar refractivity (Wildman–Crippen MR) is 137 cm³/mol. The van der Waals surface area contributed by atoms with Crippen molar-refractivity contribution in [3.05, 3.63) is 80.5 Å². The topological polar surface area (TPSA) is 120 Å². The Balaban J connectivity index is 1.64. The van der Waals surface area contributed by atoms with Gasteiger partial charge in [-0.2, -0.15) is 0 Å². The van der Waals surface area contributed by atoms with E-state index in [-0.39, 0.29) is 48.7 Å². The largest absolute Gasteiger partial charge is 0.354 e. The van der Waals surface area contributed by atoms with Crippen molar-refractivity contribution in [2.45, 2.75) is 59.3 Å². The van der Waals surface area contributed by atoms with Crippen LogP contribution in [0.15, 0.2) is 58.1 Å². The number of amides is 2. The van der Waals surface area contributed by atoms with Gasteiger partial charge in [-0.05, 0) is 38.0 Å². The Morgan fingerprint density at radius 1 is 1.03 bits per heavy atom. The highest BCUT2D eigenvalue weighted by Crippen LogP contribution is 2.11. The molecule has 0 saturated carbocycles. The van der Waals surface area contributed by atoms with Gasteiger partial charge in [0.25, 0.3) is 5.56 Å². The monoisotopic (exact) mass is 490 g/mol.